The Kier molecular flexibility index (Phi) is 4.63. The molecule has 4 nitrogen and oxygen atoms in total. The summed E-state index contributed by atoms with van der Waals surface area (Å²) in [6.07, 6.45) is 10.8. The fourth-order valence-corrected chi connectivity index (χ4v) is 4.64. The lowest BCUT2D eigenvalue weighted by molar-refractivity contribution is -0.136. The Balaban J connectivity index is 1.43. The molecule has 2 fully saturated rings. The predicted octanol–water partition coefficient (Wildman–Crippen LogP) is 5.19. The van der Waals surface area contributed by atoms with E-state index in [4.69, 9.17) is 0 Å². The average molecular weight is 402 g/mol. The number of rotatable bonds is 4. The monoisotopic (exact) mass is 402 g/mol. The Bertz CT molecular complexity index is 960. The highest BCUT2D eigenvalue weighted by Gasteiger charge is 2.40. The molecule has 29 heavy (non-hydrogen) atoms. The van der Waals surface area contributed by atoms with Crippen LogP contribution in [-0.4, -0.2) is 27.7 Å². The van der Waals surface area contributed by atoms with E-state index in [0.717, 1.165) is 38.5 Å². The first kappa shape index (κ1) is 18.7. The molecule has 0 N–H and O–H groups in total. The molecule has 3 heterocycles. The third-order valence-corrected chi connectivity index (χ3v) is 6.41. The van der Waals surface area contributed by atoms with Crippen molar-refractivity contribution < 1.29 is 13.2 Å². The molecule has 1 aliphatic heterocycles. The Morgan fingerprint density at radius 1 is 1.03 bits per heavy atom. The van der Waals surface area contributed by atoms with Crippen LogP contribution in [0.4, 0.5) is 18.9 Å². The molecule has 0 aromatic carbocycles. The number of nitrogens with zero attached hydrogens (tertiary/aromatic N) is 4. The molecule has 1 saturated carbocycles. The van der Waals surface area contributed by atoms with Gasteiger partial charge in [0.2, 0.25) is 0 Å². The Morgan fingerprint density at radius 2 is 1.83 bits per heavy atom. The number of allylic oxidation sites excluding steroid dienone is 4. The topological polar surface area (TPSA) is 33.4 Å². The molecule has 2 aromatic rings. The van der Waals surface area contributed by atoms with Crippen LogP contribution in [0, 0.1) is 11.8 Å². The van der Waals surface area contributed by atoms with Gasteiger partial charge in [-0.3, -0.25) is 4.40 Å². The predicted molar refractivity (Wildman–Crippen MR) is 106 cm³/mol. The minimum Gasteiger partial charge on any atom is -0.371 e. The van der Waals surface area contributed by atoms with E-state index in [1.54, 1.807) is 12.3 Å². The maximum absolute atomic E-state index is 14.1. The molecule has 154 valence electrons. The summed E-state index contributed by atoms with van der Waals surface area (Å²) in [6.45, 7) is 1.25. The molecule has 2 aromatic heterocycles. The van der Waals surface area contributed by atoms with Crippen LogP contribution in [0.15, 0.2) is 36.1 Å². The number of hydrogen-bond donors (Lipinski definition) is 0. The standard InChI is InChI=1S/C22H25F3N4/c23-22(24,25)20-18(10-13-29-19(14-15-6-7-15)26-27-21(20)29)28-11-8-17(9-12-28)16-4-2-1-3-5-16/h2,4-5,10,13,15,17H,1,3,6-9,11-12,14H2. The second-order valence-electron chi connectivity index (χ2n) is 8.48. The first-order valence-corrected chi connectivity index (χ1v) is 10.6. The molecule has 0 radical (unpaired) electrons. The number of hydrogen-bond acceptors (Lipinski definition) is 3. The van der Waals surface area contributed by atoms with Crippen molar-refractivity contribution in [3.8, 4) is 0 Å². The zero-order valence-electron chi connectivity index (χ0n) is 16.3. The van der Waals surface area contributed by atoms with Gasteiger partial charge in [-0.2, -0.15) is 13.2 Å². The van der Waals surface area contributed by atoms with Gasteiger partial charge in [-0.15, -0.1) is 10.2 Å². The average Bonchev–Trinajstić information content (AvgIpc) is 3.46. The van der Waals surface area contributed by atoms with Gasteiger partial charge >= 0.3 is 6.18 Å². The van der Waals surface area contributed by atoms with Crippen molar-refractivity contribution in [2.24, 2.45) is 11.8 Å². The summed E-state index contributed by atoms with van der Waals surface area (Å²) in [5.74, 6) is 1.62. The maximum atomic E-state index is 14.1. The van der Waals surface area contributed by atoms with Crippen LogP contribution < -0.4 is 4.90 Å². The molecule has 1 saturated heterocycles. The van der Waals surface area contributed by atoms with Gasteiger partial charge in [-0.1, -0.05) is 18.2 Å². The Morgan fingerprint density at radius 3 is 2.48 bits per heavy atom. The zero-order chi connectivity index (χ0) is 20.0. The highest BCUT2D eigenvalue weighted by atomic mass is 19.4. The third kappa shape index (κ3) is 3.67. The van der Waals surface area contributed by atoms with Crippen molar-refractivity contribution >= 4 is 11.3 Å². The van der Waals surface area contributed by atoms with Crippen molar-refractivity contribution in [3.05, 3.63) is 47.5 Å². The van der Waals surface area contributed by atoms with E-state index in [2.05, 4.69) is 28.4 Å². The molecule has 0 amide bonds. The molecule has 5 rings (SSSR count). The Hall–Kier alpha value is -2.31. The highest BCUT2D eigenvalue weighted by Crippen LogP contribution is 2.41. The fraction of sp³-hybridized carbons (Fsp3) is 0.545. The second kappa shape index (κ2) is 7.18. The highest BCUT2D eigenvalue weighted by molar-refractivity contribution is 5.67. The van der Waals surface area contributed by atoms with E-state index < -0.39 is 11.7 Å². The first-order valence-electron chi connectivity index (χ1n) is 10.6. The SMILES string of the molecule is FC(F)(F)c1c(N2CCC(C3=CCCC=C3)CC2)ccn2c(CC3CC3)nnc12. The van der Waals surface area contributed by atoms with Crippen molar-refractivity contribution in [2.75, 3.05) is 18.0 Å². The first-order chi connectivity index (χ1) is 14.0. The fourth-order valence-electron chi connectivity index (χ4n) is 4.64. The number of halogens is 3. The molecule has 3 aliphatic rings. The van der Waals surface area contributed by atoms with Crippen LogP contribution in [0.5, 0.6) is 0 Å². The van der Waals surface area contributed by atoms with Gasteiger partial charge in [0.15, 0.2) is 5.65 Å². The van der Waals surface area contributed by atoms with E-state index in [-0.39, 0.29) is 11.3 Å². The lowest BCUT2D eigenvalue weighted by Gasteiger charge is -2.35. The Labute approximate surface area is 168 Å². The summed E-state index contributed by atoms with van der Waals surface area (Å²) in [5, 5.41) is 8.05. The van der Waals surface area contributed by atoms with Crippen LogP contribution in [-0.2, 0) is 12.6 Å². The normalized spacial score (nSPS) is 21.1. The summed E-state index contributed by atoms with van der Waals surface area (Å²) in [4.78, 5) is 1.88. The van der Waals surface area contributed by atoms with Gasteiger partial charge in [-0.25, -0.2) is 0 Å². The third-order valence-electron chi connectivity index (χ3n) is 6.41. The quantitative estimate of drug-likeness (QED) is 0.705. The van der Waals surface area contributed by atoms with E-state index in [1.165, 1.54) is 9.97 Å². The van der Waals surface area contributed by atoms with Crippen LogP contribution in [0.25, 0.3) is 5.65 Å². The van der Waals surface area contributed by atoms with Gasteiger partial charge in [0.25, 0.3) is 0 Å². The lowest BCUT2D eigenvalue weighted by Crippen LogP contribution is -2.35. The smallest absolute Gasteiger partial charge is 0.371 e. The van der Waals surface area contributed by atoms with Crippen LogP contribution in [0.1, 0.15) is 49.9 Å². The van der Waals surface area contributed by atoms with E-state index in [0.29, 0.717) is 37.2 Å². The van der Waals surface area contributed by atoms with E-state index in [1.807, 2.05) is 4.90 Å². The molecule has 0 unspecified atom stereocenters. The lowest BCUT2D eigenvalue weighted by atomic mass is 9.86. The van der Waals surface area contributed by atoms with Gasteiger partial charge in [0, 0.05) is 25.7 Å². The second-order valence-corrected chi connectivity index (χ2v) is 8.48. The molecule has 2 aliphatic carbocycles. The molecule has 0 bridgehead atoms. The van der Waals surface area contributed by atoms with Crippen LogP contribution in [0.3, 0.4) is 0 Å². The summed E-state index contributed by atoms with van der Waals surface area (Å²) < 4.78 is 43.7. The van der Waals surface area contributed by atoms with Crippen LogP contribution >= 0.6 is 0 Å². The minimum atomic E-state index is -4.47. The molecule has 0 atom stereocenters. The number of piperidine rings is 1. The maximum Gasteiger partial charge on any atom is 0.422 e. The van der Waals surface area contributed by atoms with Crippen molar-refractivity contribution in [1.29, 1.82) is 0 Å². The molecular formula is C22H25F3N4. The largest absolute Gasteiger partial charge is 0.422 e. The number of pyridine rings is 1. The van der Waals surface area contributed by atoms with E-state index >= 15 is 0 Å². The number of anilines is 1. The number of aromatic nitrogens is 3. The molecular weight excluding hydrogens is 377 g/mol. The summed E-state index contributed by atoms with van der Waals surface area (Å²) >= 11 is 0. The van der Waals surface area contributed by atoms with Gasteiger partial charge < -0.3 is 4.90 Å². The zero-order valence-corrected chi connectivity index (χ0v) is 16.3. The summed E-state index contributed by atoms with van der Waals surface area (Å²) in [6, 6.07) is 1.61. The van der Waals surface area contributed by atoms with Crippen molar-refractivity contribution in [3.63, 3.8) is 0 Å². The van der Waals surface area contributed by atoms with Gasteiger partial charge in [0.1, 0.15) is 11.4 Å². The van der Waals surface area contributed by atoms with Crippen LogP contribution in [0.2, 0.25) is 0 Å². The van der Waals surface area contributed by atoms with E-state index in [9.17, 15) is 13.2 Å². The van der Waals surface area contributed by atoms with Gasteiger partial charge in [0.05, 0.1) is 5.69 Å². The summed E-state index contributed by atoms with van der Waals surface area (Å²) in [5.41, 5.74) is 0.877. The van der Waals surface area contributed by atoms with Crippen molar-refractivity contribution in [2.45, 2.75) is 51.1 Å². The van der Waals surface area contributed by atoms with Crippen molar-refractivity contribution in [1.82, 2.24) is 14.6 Å². The van der Waals surface area contributed by atoms with Gasteiger partial charge in [-0.05, 0) is 62.0 Å². The summed E-state index contributed by atoms with van der Waals surface area (Å²) in [7, 11) is 0. The number of alkyl halides is 3. The molecule has 7 heteroatoms. The number of fused-ring (bicyclic) bond motifs is 1. The molecule has 0 spiro atoms. The minimum absolute atomic E-state index is 0.0642.